The molecular formula is C21H29N3O4. The van der Waals surface area contributed by atoms with Crippen molar-refractivity contribution in [3.05, 3.63) is 40.2 Å². The quantitative estimate of drug-likeness (QED) is 0.453. The Labute approximate surface area is 165 Å². The predicted molar refractivity (Wildman–Crippen MR) is 109 cm³/mol. The minimum atomic E-state index is -0.592. The maximum absolute atomic E-state index is 12.2. The van der Waals surface area contributed by atoms with Crippen LogP contribution in [0.2, 0.25) is 0 Å². The Morgan fingerprint density at radius 2 is 1.68 bits per heavy atom. The lowest BCUT2D eigenvalue weighted by atomic mass is 10.1. The summed E-state index contributed by atoms with van der Waals surface area (Å²) in [6.45, 7) is 2.20. The lowest BCUT2D eigenvalue weighted by Crippen LogP contribution is -2.20. The first-order valence-electron chi connectivity index (χ1n) is 9.86. The van der Waals surface area contributed by atoms with Crippen LogP contribution in [0.4, 0.5) is 5.69 Å². The Kier molecular flexibility index (Phi) is 8.04. The number of carbonyl (C=O) groups excluding carboxylic acids is 2. The van der Waals surface area contributed by atoms with E-state index in [4.69, 9.17) is 0 Å². The molecule has 0 aliphatic carbocycles. The molecule has 0 saturated heterocycles. The van der Waals surface area contributed by atoms with Crippen molar-refractivity contribution in [2.45, 2.75) is 58.3 Å². The van der Waals surface area contributed by atoms with E-state index in [2.05, 4.69) is 12.2 Å². The number of hydrogen-bond acceptors (Lipinski definition) is 4. The standard InChI is InChI=1S/C21H29N3O4/c1-3-4-5-6-7-8-9-10-19(26)22-16-11-13-17(14-12-16)24-21(28)18(15-25)20(27)23(24)2/h11-15,27H,3-10H2,1-2H3,(H,22,26). The first-order valence-corrected chi connectivity index (χ1v) is 9.86. The Hall–Kier alpha value is -2.83. The van der Waals surface area contributed by atoms with Gasteiger partial charge < -0.3 is 10.4 Å². The van der Waals surface area contributed by atoms with Crippen molar-refractivity contribution in [1.29, 1.82) is 0 Å². The summed E-state index contributed by atoms with van der Waals surface area (Å²) in [4.78, 5) is 35.2. The largest absolute Gasteiger partial charge is 0.493 e. The minimum Gasteiger partial charge on any atom is -0.493 e. The molecule has 0 radical (unpaired) electrons. The van der Waals surface area contributed by atoms with Gasteiger partial charge in [0.15, 0.2) is 6.29 Å². The number of unbranched alkanes of at least 4 members (excludes halogenated alkanes) is 6. The van der Waals surface area contributed by atoms with Crippen molar-refractivity contribution in [3.63, 3.8) is 0 Å². The molecule has 0 aliphatic rings. The molecule has 0 atom stereocenters. The third-order valence-electron chi connectivity index (χ3n) is 4.79. The lowest BCUT2D eigenvalue weighted by molar-refractivity contribution is -0.116. The van der Waals surface area contributed by atoms with Gasteiger partial charge in [0.2, 0.25) is 11.8 Å². The number of nitrogens with zero attached hydrogens (tertiary/aromatic N) is 2. The molecule has 2 N–H and O–H groups in total. The van der Waals surface area contributed by atoms with Crippen LogP contribution in [0.5, 0.6) is 5.88 Å². The number of aldehydes is 1. The van der Waals surface area contributed by atoms with E-state index in [1.54, 1.807) is 24.3 Å². The molecule has 152 valence electrons. The molecule has 1 aromatic heterocycles. The van der Waals surface area contributed by atoms with Gasteiger partial charge in [-0.2, -0.15) is 0 Å². The van der Waals surface area contributed by atoms with Gasteiger partial charge in [-0.15, -0.1) is 0 Å². The summed E-state index contributed by atoms with van der Waals surface area (Å²) in [6, 6.07) is 6.68. The summed E-state index contributed by atoms with van der Waals surface area (Å²) in [5.74, 6) is -0.412. The minimum absolute atomic E-state index is 0.0294. The van der Waals surface area contributed by atoms with Gasteiger partial charge in [-0.3, -0.25) is 14.4 Å². The summed E-state index contributed by atoms with van der Waals surface area (Å²) in [5.41, 5.74) is 0.250. The van der Waals surface area contributed by atoms with Gasteiger partial charge in [-0.05, 0) is 30.7 Å². The molecule has 0 saturated carbocycles. The van der Waals surface area contributed by atoms with Crippen LogP contribution < -0.4 is 10.9 Å². The van der Waals surface area contributed by atoms with Gasteiger partial charge in [0, 0.05) is 19.2 Å². The van der Waals surface area contributed by atoms with Gasteiger partial charge in [-0.1, -0.05) is 45.4 Å². The molecule has 7 nitrogen and oxygen atoms in total. The number of carbonyl (C=O) groups is 2. The zero-order valence-corrected chi connectivity index (χ0v) is 16.6. The zero-order valence-electron chi connectivity index (χ0n) is 16.6. The highest BCUT2D eigenvalue weighted by Gasteiger charge is 2.17. The second kappa shape index (κ2) is 10.5. The van der Waals surface area contributed by atoms with Crippen molar-refractivity contribution in [3.8, 4) is 11.6 Å². The average Bonchev–Trinajstić information content (AvgIpc) is 2.90. The van der Waals surface area contributed by atoms with E-state index in [1.807, 2.05) is 0 Å². The number of benzene rings is 1. The highest BCUT2D eigenvalue weighted by atomic mass is 16.3. The molecular weight excluding hydrogens is 358 g/mol. The molecule has 0 unspecified atom stereocenters. The van der Waals surface area contributed by atoms with Gasteiger partial charge in [-0.25, -0.2) is 9.36 Å². The Morgan fingerprint density at radius 3 is 2.25 bits per heavy atom. The second-order valence-corrected chi connectivity index (χ2v) is 6.96. The van der Waals surface area contributed by atoms with Crippen LogP contribution in [0.1, 0.15) is 68.6 Å². The van der Waals surface area contributed by atoms with Crippen LogP contribution in [0.25, 0.3) is 5.69 Å². The highest BCUT2D eigenvalue weighted by Crippen LogP contribution is 2.17. The molecule has 28 heavy (non-hydrogen) atoms. The van der Waals surface area contributed by atoms with E-state index < -0.39 is 5.56 Å². The molecule has 0 spiro atoms. The van der Waals surface area contributed by atoms with Crippen molar-refractivity contribution in [1.82, 2.24) is 9.36 Å². The van der Waals surface area contributed by atoms with E-state index >= 15 is 0 Å². The Bertz CT molecular complexity index is 850. The van der Waals surface area contributed by atoms with Crippen LogP contribution in [-0.4, -0.2) is 26.7 Å². The SMILES string of the molecule is CCCCCCCCCC(=O)Nc1ccc(-n2c(=O)c(C=O)c(O)n2C)cc1. The smallest absolute Gasteiger partial charge is 0.286 e. The normalized spacial score (nSPS) is 10.8. The number of aromatic hydroxyl groups is 1. The van der Waals surface area contributed by atoms with Gasteiger partial charge in [0.1, 0.15) is 5.56 Å². The predicted octanol–water partition coefficient (Wildman–Crippen LogP) is 3.77. The van der Waals surface area contributed by atoms with Gasteiger partial charge in [0.05, 0.1) is 5.69 Å². The lowest BCUT2D eigenvalue weighted by Gasteiger charge is -2.09. The maximum Gasteiger partial charge on any atom is 0.286 e. The van der Waals surface area contributed by atoms with E-state index in [9.17, 15) is 19.5 Å². The van der Waals surface area contributed by atoms with Crippen molar-refractivity contribution in [2.75, 3.05) is 5.32 Å². The molecule has 0 bridgehead atoms. The van der Waals surface area contributed by atoms with Gasteiger partial charge >= 0.3 is 0 Å². The number of aromatic nitrogens is 2. The van der Waals surface area contributed by atoms with Crippen LogP contribution in [0.3, 0.4) is 0 Å². The summed E-state index contributed by atoms with van der Waals surface area (Å²) in [7, 11) is 1.49. The summed E-state index contributed by atoms with van der Waals surface area (Å²) in [5, 5.41) is 12.7. The number of rotatable bonds is 11. The molecule has 0 fully saturated rings. The van der Waals surface area contributed by atoms with Crippen molar-refractivity contribution >= 4 is 17.9 Å². The Balaban J connectivity index is 1.89. The molecule has 0 aliphatic heterocycles. The third-order valence-corrected chi connectivity index (χ3v) is 4.79. The Morgan fingerprint density at radius 1 is 1.07 bits per heavy atom. The first kappa shape index (κ1) is 21.5. The molecule has 1 amide bonds. The topological polar surface area (TPSA) is 93.3 Å². The number of amides is 1. The van der Waals surface area contributed by atoms with Crippen LogP contribution >= 0.6 is 0 Å². The molecule has 7 heteroatoms. The molecule has 1 heterocycles. The van der Waals surface area contributed by atoms with E-state index in [1.165, 1.54) is 48.5 Å². The first-order chi connectivity index (χ1) is 13.5. The number of hydrogen-bond donors (Lipinski definition) is 2. The summed E-state index contributed by atoms with van der Waals surface area (Å²) in [6.07, 6.45) is 8.96. The summed E-state index contributed by atoms with van der Waals surface area (Å²) < 4.78 is 2.41. The van der Waals surface area contributed by atoms with Crippen molar-refractivity contribution in [2.24, 2.45) is 7.05 Å². The molecule has 2 rings (SSSR count). The third kappa shape index (κ3) is 5.34. The number of nitrogens with one attached hydrogen (secondary N) is 1. The molecule has 2 aromatic rings. The second-order valence-electron chi connectivity index (χ2n) is 6.96. The molecule has 1 aromatic carbocycles. The van der Waals surface area contributed by atoms with Crippen LogP contribution in [0, 0.1) is 0 Å². The zero-order chi connectivity index (χ0) is 20.5. The van der Waals surface area contributed by atoms with Gasteiger partial charge in [0.25, 0.3) is 5.56 Å². The monoisotopic (exact) mass is 387 g/mol. The van der Waals surface area contributed by atoms with Crippen LogP contribution in [0.15, 0.2) is 29.1 Å². The van der Waals surface area contributed by atoms with E-state index in [-0.39, 0.29) is 17.4 Å². The van der Waals surface area contributed by atoms with Crippen LogP contribution in [-0.2, 0) is 11.8 Å². The average molecular weight is 387 g/mol. The summed E-state index contributed by atoms with van der Waals surface area (Å²) >= 11 is 0. The van der Waals surface area contributed by atoms with E-state index in [0.29, 0.717) is 24.1 Å². The highest BCUT2D eigenvalue weighted by molar-refractivity contribution is 5.90. The fourth-order valence-electron chi connectivity index (χ4n) is 3.16. The maximum atomic E-state index is 12.2. The van der Waals surface area contributed by atoms with E-state index in [0.717, 1.165) is 12.8 Å². The fraction of sp³-hybridized carbons (Fsp3) is 0.476. The fourth-order valence-corrected chi connectivity index (χ4v) is 3.16. The number of anilines is 1. The van der Waals surface area contributed by atoms with Crippen molar-refractivity contribution < 1.29 is 14.7 Å².